The molecule has 2 N–H and O–H groups in total. The number of anilines is 1. The Morgan fingerprint density at radius 2 is 1.66 bits per heavy atom. The summed E-state index contributed by atoms with van der Waals surface area (Å²) in [5.41, 5.74) is -0.621. The number of amides is 3. The first-order chi connectivity index (χ1) is 16.3. The Hall–Kier alpha value is -3.49. The SMILES string of the molecule is CNC(=O)c1cc(F)c(F)cc1NC(=O)C1(c2ccccc2C(C)C)CN(C(=O)OC(C)(C)C)C1. The summed E-state index contributed by atoms with van der Waals surface area (Å²) in [7, 11) is 1.35. The van der Waals surface area contributed by atoms with Gasteiger partial charge in [-0.2, -0.15) is 0 Å². The highest BCUT2D eigenvalue weighted by Gasteiger charge is 2.54. The molecule has 0 spiro atoms. The number of rotatable bonds is 5. The van der Waals surface area contributed by atoms with E-state index in [2.05, 4.69) is 10.6 Å². The fourth-order valence-corrected chi connectivity index (χ4v) is 4.15. The third-order valence-electron chi connectivity index (χ3n) is 5.89. The first kappa shape index (κ1) is 26.1. The molecule has 0 bridgehead atoms. The fourth-order valence-electron chi connectivity index (χ4n) is 4.15. The predicted molar refractivity (Wildman–Crippen MR) is 128 cm³/mol. The van der Waals surface area contributed by atoms with E-state index in [0.29, 0.717) is 0 Å². The maximum Gasteiger partial charge on any atom is 0.410 e. The van der Waals surface area contributed by atoms with Gasteiger partial charge in [0.2, 0.25) is 5.91 Å². The van der Waals surface area contributed by atoms with E-state index in [0.717, 1.165) is 23.3 Å². The van der Waals surface area contributed by atoms with Crippen LogP contribution in [0.25, 0.3) is 0 Å². The molecule has 1 aliphatic rings. The van der Waals surface area contributed by atoms with Gasteiger partial charge in [0.1, 0.15) is 11.0 Å². The maximum absolute atomic E-state index is 14.1. The normalized spacial score (nSPS) is 14.8. The van der Waals surface area contributed by atoms with Gasteiger partial charge in [0.05, 0.1) is 11.3 Å². The minimum atomic E-state index is -1.21. The predicted octanol–water partition coefficient (Wildman–Crippen LogP) is 4.58. The van der Waals surface area contributed by atoms with E-state index in [9.17, 15) is 23.2 Å². The van der Waals surface area contributed by atoms with Gasteiger partial charge in [-0.1, -0.05) is 38.1 Å². The van der Waals surface area contributed by atoms with E-state index >= 15 is 0 Å². The molecule has 0 aliphatic carbocycles. The number of carbonyl (C=O) groups excluding carboxylic acids is 3. The van der Waals surface area contributed by atoms with E-state index in [1.165, 1.54) is 11.9 Å². The molecular formula is C26H31F2N3O4. The number of benzene rings is 2. The van der Waals surface area contributed by atoms with Crippen molar-refractivity contribution in [1.29, 1.82) is 0 Å². The third kappa shape index (κ3) is 5.28. The smallest absolute Gasteiger partial charge is 0.410 e. The van der Waals surface area contributed by atoms with E-state index < -0.39 is 40.6 Å². The van der Waals surface area contributed by atoms with Crippen LogP contribution in [0.3, 0.4) is 0 Å². The summed E-state index contributed by atoms with van der Waals surface area (Å²) in [5.74, 6) is -3.55. The standard InChI is InChI=1S/C26H31F2N3O4/c1-15(2)16-9-7-8-10-18(16)26(13-31(14-26)24(34)35-25(3,4)5)23(33)30-21-12-20(28)19(27)11-17(21)22(32)29-6/h7-12,15H,13-14H2,1-6H3,(H,29,32)(H,30,33). The molecule has 35 heavy (non-hydrogen) atoms. The molecule has 2 aromatic rings. The highest BCUT2D eigenvalue weighted by molar-refractivity contribution is 6.07. The molecule has 188 valence electrons. The van der Waals surface area contributed by atoms with Crippen LogP contribution in [0, 0.1) is 11.6 Å². The zero-order valence-electron chi connectivity index (χ0n) is 20.8. The highest BCUT2D eigenvalue weighted by atomic mass is 19.2. The molecule has 0 unspecified atom stereocenters. The largest absolute Gasteiger partial charge is 0.444 e. The minimum Gasteiger partial charge on any atom is -0.444 e. The topological polar surface area (TPSA) is 87.7 Å². The Bertz CT molecular complexity index is 1150. The number of likely N-dealkylation sites (tertiary alicyclic amines) is 1. The lowest BCUT2D eigenvalue weighted by Gasteiger charge is -2.49. The van der Waals surface area contributed by atoms with Crippen LogP contribution in [0.4, 0.5) is 19.3 Å². The number of hydrogen-bond acceptors (Lipinski definition) is 4. The van der Waals surface area contributed by atoms with Crippen molar-refractivity contribution in [3.8, 4) is 0 Å². The number of ether oxygens (including phenoxy) is 1. The van der Waals surface area contributed by atoms with Crippen LogP contribution < -0.4 is 10.6 Å². The van der Waals surface area contributed by atoms with Crippen molar-refractivity contribution in [3.05, 3.63) is 64.7 Å². The second-order valence-electron chi connectivity index (χ2n) is 10.0. The van der Waals surface area contributed by atoms with Gasteiger partial charge in [-0.25, -0.2) is 13.6 Å². The monoisotopic (exact) mass is 487 g/mol. The van der Waals surface area contributed by atoms with Crippen molar-refractivity contribution < 1.29 is 27.9 Å². The molecule has 0 saturated carbocycles. The van der Waals surface area contributed by atoms with Crippen molar-refractivity contribution in [2.24, 2.45) is 0 Å². The van der Waals surface area contributed by atoms with Crippen LogP contribution in [0.15, 0.2) is 36.4 Å². The van der Waals surface area contributed by atoms with Gasteiger partial charge >= 0.3 is 6.09 Å². The van der Waals surface area contributed by atoms with Crippen LogP contribution >= 0.6 is 0 Å². The molecule has 3 rings (SSSR count). The van der Waals surface area contributed by atoms with E-state index in [-0.39, 0.29) is 30.3 Å². The third-order valence-corrected chi connectivity index (χ3v) is 5.89. The lowest BCUT2D eigenvalue weighted by molar-refractivity contribution is -0.127. The molecule has 0 atom stereocenters. The summed E-state index contributed by atoms with van der Waals surface area (Å²) in [5, 5.41) is 4.98. The zero-order valence-corrected chi connectivity index (χ0v) is 20.8. The Morgan fingerprint density at radius 3 is 2.23 bits per heavy atom. The minimum absolute atomic E-state index is 0.0243. The zero-order chi connectivity index (χ0) is 26.1. The quantitative estimate of drug-likeness (QED) is 0.647. The van der Waals surface area contributed by atoms with Crippen molar-refractivity contribution in [2.45, 2.75) is 51.6 Å². The Kier molecular flexibility index (Phi) is 7.19. The first-order valence-electron chi connectivity index (χ1n) is 11.4. The second kappa shape index (κ2) is 9.64. The van der Waals surface area contributed by atoms with Gasteiger partial charge in [-0.15, -0.1) is 0 Å². The molecule has 1 fully saturated rings. The molecule has 1 saturated heterocycles. The van der Waals surface area contributed by atoms with Crippen molar-refractivity contribution >= 4 is 23.6 Å². The van der Waals surface area contributed by atoms with Crippen LogP contribution in [0.5, 0.6) is 0 Å². The fraction of sp³-hybridized carbons (Fsp3) is 0.423. The molecule has 9 heteroatoms. The summed E-state index contributed by atoms with van der Waals surface area (Å²) < 4.78 is 33.4. The Morgan fingerprint density at radius 1 is 1.06 bits per heavy atom. The molecular weight excluding hydrogens is 456 g/mol. The van der Waals surface area contributed by atoms with Crippen LogP contribution in [-0.2, 0) is 14.9 Å². The molecule has 3 amide bonds. The van der Waals surface area contributed by atoms with Gasteiger partial charge in [0.25, 0.3) is 5.91 Å². The van der Waals surface area contributed by atoms with Crippen molar-refractivity contribution in [1.82, 2.24) is 10.2 Å². The van der Waals surface area contributed by atoms with Gasteiger partial charge < -0.3 is 20.3 Å². The van der Waals surface area contributed by atoms with Gasteiger partial charge in [0, 0.05) is 26.2 Å². The van der Waals surface area contributed by atoms with E-state index in [4.69, 9.17) is 4.74 Å². The number of nitrogens with one attached hydrogen (secondary N) is 2. The summed E-state index contributed by atoms with van der Waals surface area (Å²) in [4.78, 5) is 40.1. The lowest BCUT2D eigenvalue weighted by Crippen LogP contribution is -2.67. The average molecular weight is 488 g/mol. The Balaban J connectivity index is 2.03. The number of nitrogens with zero attached hydrogens (tertiary/aromatic N) is 1. The summed E-state index contributed by atoms with van der Waals surface area (Å²) >= 11 is 0. The van der Waals surface area contributed by atoms with Crippen LogP contribution in [0.1, 0.15) is 62.0 Å². The maximum atomic E-state index is 14.1. The molecule has 0 radical (unpaired) electrons. The van der Waals surface area contributed by atoms with Gasteiger partial charge in [-0.3, -0.25) is 9.59 Å². The first-order valence-corrected chi connectivity index (χ1v) is 11.4. The number of hydrogen-bond donors (Lipinski definition) is 2. The number of halogens is 2. The van der Waals surface area contributed by atoms with Gasteiger partial charge in [-0.05, 0) is 43.9 Å². The van der Waals surface area contributed by atoms with Crippen molar-refractivity contribution in [3.63, 3.8) is 0 Å². The second-order valence-corrected chi connectivity index (χ2v) is 10.0. The number of carbonyl (C=O) groups is 3. The van der Waals surface area contributed by atoms with Gasteiger partial charge in [0.15, 0.2) is 11.6 Å². The summed E-state index contributed by atoms with van der Waals surface area (Å²) in [6.07, 6.45) is -0.554. The van der Waals surface area contributed by atoms with E-state index in [1.807, 2.05) is 32.0 Å². The Labute approximate surface area is 203 Å². The van der Waals surface area contributed by atoms with Crippen molar-refractivity contribution in [2.75, 3.05) is 25.5 Å². The van der Waals surface area contributed by atoms with Crippen LogP contribution in [-0.4, -0.2) is 48.5 Å². The summed E-state index contributed by atoms with van der Waals surface area (Å²) in [6.45, 7) is 9.29. The molecule has 0 aromatic heterocycles. The molecule has 2 aromatic carbocycles. The average Bonchev–Trinajstić information content (AvgIpc) is 2.73. The van der Waals surface area contributed by atoms with Crippen LogP contribution in [0.2, 0.25) is 0 Å². The van der Waals surface area contributed by atoms with E-state index in [1.54, 1.807) is 26.8 Å². The lowest BCUT2D eigenvalue weighted by atomic mass is 9.70. The highest BCUT2D eigenvalue weighted by Crippen LogP contribution is 2.40. The molecule has 1 heterocycles. The molecule has 7 nitrogen and oxygen atoms in total. The molecule has 1 aliphatic heterocycles. The summed E-state index contributed by atoms with van der Waals surface area (Å²) in [6, 6.07) is 8.94.